The van der Waals surface area contributed by atoms with E-state index in [0.717, 1.165) is 11.1 Å². The molecule has 0 saturated heterocycles. The second-order valence-electron chi connectivity index (χ2n) is 8.16. The molecule has 0 spiro atoms. The van der Waals surface area contributed by atoms with Crippen molar-refractivity contribution in [3.8, 4) is 0 Å². The van der Waals surface area contributed by atoms with Gasteiger partial charge in [-0.2, -0.15) is 4.31 Å². The van der Waals surface area contributed by atoms with Gasteiger partial charge in [0.05, 0.1) is 10.6 Å². The number of fused-ring (bicyclic) bond motifs is 1. The van der Waals surface area contributed by atoms with Crippen molar-refractivity contribution in [3.63, 3.8) is 0 Å². The Bertz CT molecular complexity index is 1190. The van der Waals surface area contributed by atoms with E-state index in [1.165, 1.54) is 28.6 Å². The Morgan fingerprint density at radius 1 is 1.00 bits per heavy atom. The summed E-state index contributed by atoms with van der Waals surface area (Å²) in [5.74, 6) is -0.234. The Labute approximate surface area is 190 Å². The predicted octanol–water partition coefficient (Wildman–Crippen LogP) is 3.18. The van der Waals surface area contributed by atoms with Crippen LogP contribution in [0.1, 0.15) is 38.3 Å². The number of nitrogens with one attached hydrogen (secondary N) is 2. The van der Waals surface area contributed by atoms with Crippen molar-refractivity contribution in [3.05, 3.63) is 53.6 Å². The second-order valence-corrected chi connectivity index (χ2v) is 11.9. The number of hydrogen-bond acceptors (Lipinski definition) is 5. The van der Waals surface area contributed by atoms with Gasteiger partial charge in [0.25, 0.3) is 10.0 Å². The van der Waals surface area contributed by atoms with Gasteiger partial charge in [0, 0.05) is 30.4 Å². The highest BCUT2D eigenvalue weighted by atomic mass is 32.2. The summed E-state index contributed by atoms with van der Waals surface area (Å²) in [5, 5.41) is 2.72. The summed E-state index contributed by atoms with van der Waals surface area (Å²) in [7, 11) is -7.17. The van der Waals surface area contributed by atoms with Crippen LogP contribution in [0.4, 0.5) is 11.4 Å². The van der Waals surface area contributed by atoms with Gasteiger partial charge in [-0.3, -0.25) is 9.52 Å². The lowest BCUT2D eigenvalue weighted by atomic mass is 10.0. The van der Waals surface area contributed by atoms with E-state index in [2.05, 4.69) is 10.0 Å². The zero-order valence-electron chi connectivity index (χ0n) is 18.5. The maximum atomic E-state index is 12.8. The van der Waals surface area contributed by atoms with Crippen molar-refractivity contribution in [1.29, 1.82) is 0 Å². The third-order valence-corrected chi connectivity index (χ3v) is 8.67. The molecule has 2 aromatic rings. The van der Waals surface area contributed by atoms with E-state index < -0.39 is 20.0 Å². The number of rotatable bonds is 8. The van der Waals surface area contributed by atoms with Crippen molar-refractivity contribution in [2.75, 3.05) is 22.3 Å². The average molecular weight is 480 g/mol. The standard InChI is InChI=1S/C22H29N3O5S2/c1-4-13-31(27,28)25-12-11-17-5-6-20(14-18(17)15-25)24-32(29,30)21-9-7-19(8-10-21)23-22(26)16(2)3/h5-10,14,16,24H,4,11-13,15H2,1-3H3,(H,23,26). The first kappa shape index (κ1) is 24.2. The molecule has 1 heterocycles. The molecular formula is C22H29N3O5S2. The Morgan fingerprint density at radius 2 is 1.66 bits per heavy atom. The molecule has 1 aliphatic heterocycles. The third kappa shape index (κ3) is 5.67. The molecule has 0 radical (unpaired) electrons. The SMILES string of the molecule is CCCS(=O)(=O)N1CCc2ccc(NS(=O)(=O)c3ccc(NC(=O)C(C)C)cc3)cc2C1. The van der Waals surface area contributed by atoms with Gasteiger partial charge in [0.15, 0.2) is 0 Å². The number of anilines is 2. The van der Waals surface area contributed by atoms with Gasteiger partial charge in [-0.15, -0.1) is 0 Å². The zero-order valence-corrected chi connectivity index (χ0v) is 20.1. The van der Waals surface area contributed by atoms with Crippen LogP contribution in [0.3, 0.4) is 0 Å². The molecule has 3 rings (SSSR count). The highest BCUT2D eigenvalue weighted by Gasteiger charge is 2.26. The Kier molecular flexibility index (Phi) is 7.26. The fourth-order valence-electron chi connectivity index (χ4n) is 3.44. The smallest absolute Gasteiger partial charge is 0.261 e. The monoisotopic (exact) mass is 479 g/mol. The van der Waals surface area contributed by atoms with Crippen molar-refractivity contribution in [1.82, 2.24) is 4.31 Å². The lowest BCUT2D eigenvalue weighted by molar-refractivity contribution is -0.118. The molecule has 2 N–H and O–H groups in total. The predicted molar refractivity (Wildman–Crippen MR) is 125 cm³/mol. The van der Waals surface area contributed by atoms with Crippen molar-refractivity contribution in [2.24, 2.45) is 5.92 Å². The van der Waals surface area contributed by atoms with Crippen molar-refractivity contribution < 1.29 is 21.6 Å². The van der Waals surface area contributed by atoms with E-state index in [1.807, 2.05) is 13.0 Å². The molecule has 0 fully saturated rings. The molecule has 174 valence electrons. The summed E-state index contributed by atoms with van der Waals surface area (Å²) in [4.78, 5) is 11.9. The number of amides is 1. The van der Waals surface area contributed by atoms with Gasteiger partial charge in [-0.05, 0) is 60.4 Å². The van der Waals surface area contributed by atoms with Gasteiger partial charge in [0.2, 0.25) is 15.9 Å². The summed E-state index contributed by atoms with van der Waals surface area (Å²) in [6.07, 6.45) is 1.14. The summed E-state index contributed by atoms with van der Waals surface area (Å²) >= 11 is 0. The Morgan fingerprint density at radius 3 is 2.28 bits per heavy atom. The summed E-state index contributed by atoms with van der Waals surface area (Å²) in [6, 6.07) is 11.1. The Hall–Kier alpha value is -2.43. The van der Waals surface area contributed by atoms with Gasteiger partial charge in [-0.1, -0.05) is 26.8 Å². The molecule has 0 aliphatic carbocycles. The lowest BCUT2D eigenvalue weighted by Gasteiger charge is -2.28. The number of nitrogens with zero attached hydrogens (tertiary/aromatic N) is 1. The fraction of sp³-hybridized carbons (Fsp3) is 0.409. The number of hydrogen-bond donors (Lipinski definition) is 2. The number of carbonyl (C=O) groups is 1. The quantitative estimate of drug-likeness (QED) is 0.604. The minimum absolute atomic E-state index is 0.0601. The van der Waals surface area contributed by atoms with E-state index in [4.69, 9.17) is 0 Å². The zero-order chi connectivity index (χ0) is 23.5. The van der Waals surface area contributed by atoms with Crippen LogP contribution in [0, 0.1) is 5.92 Å². The van der Waals surface area contributed by atoms with Crippen LogP contribution in [0.15, 0.2) is 47.4 Å². The lowest BCUT2D eigenvalue weighted by Crippen LogP contribution is -2.37. The minimum atomic E-state index is -3.85. The topological polar surface area (TPSA) is 113 Å². The molecule has 0 bridgehead atoms. The molecule has 0 unspecified atom stereocenters. The molecule has 1 amide bonds. The minimum Gasteiger partial charge on any atom is -0.326 e. The summed E-state index contributed by atoms with van der Waals surface area (Å²) in [6.45, 7) is 6.04. The molecule has 10 heteroatoms. The summed E-state index contributed by atoms with van der Waals surface area (Å²) in [5.41, 5.74) is 2.70. The Balaban J connectivity index is 1.75. The van der Waals surface area contributed by atoms with Crippen LogP contribution < -0.4 is 10.0 Å². The fourth-order valence-corrected chi connectivity index (χ4v) is 5.97. The first-order chi connectivity index (χ1) is 15.0. The van der Waals surface area contributed by atoms with Crippen LogP contribution >= 0.6 is 0 Å². The average Bonchev–Trinajstić information content (AvgIpc) is 2.73. The van der Waals surface area contributed by atoms with Crippen LogP contribution in [-0.2, 0) is 37.8 Å². The maximum absolute atomic E-state index is 12.8. The highest BCUT2D eigenvalue weighted by Crippen LogP contribution is 2.26. The van der Waals surface area contributed by atoms with Crippen LogP contribution in [-0.4, -0.2) is 39.3 Å². The van der Waals surface area contributed by atoms with Crippen molar-refractivity contribution in [2.45, 2.75) is 45.1 Å². The second kappa shape index (κ2) is 9.60. The molecule has 8 nitrogen and oxygen atoms in total. The largest absolute Gasteiger partial charge is 0.326 e. The van der Waals surface area contributed by atoms with E-state index >= 15 is 0 Å². The van der Waals surface area contributed by atoms with E-state index in [-0.39, 0.29) is 29.0 Å². The van der Waals surface area contributed by atoms with Crippen molar-refractivity contribution >= 4 is 37.3 Å². The molecule has 0 atom stereocenters. The van der Waals surface area contributed by atoms with Gasteiger partial charge in [-0.25, -0.2) is 16.8 Å². The first-order valence-corrected chi connectivity index (χ1v) is 13.6. The molecule has 0 saturated carbocycles. The summed E-state index contributed by atoms with van der Waals surface area (Å²) < 4.78 is 54.5. The van der Waals surface area contributed by atoms with Gasteiger partial charge in [0.1, 0.15) is 0 Å². The number of sulfonamides is 2. The van der Waals surface area contributed by atoms with Gasteiger partial charge < -0.3 is 5.32 Å². The van der Waals surface area contributed by atoms with E-state index in [9.17, 15) is 21.6 Å². The van der Waals surface area contributed by atoms with E-state index in [0.29, 0.717) is 30.8 Å². The molecule has 0 aromatic heterocycles. The third-order valence-electron chi connectivity index (χ3n) is 5.25. The van der Waals surface area contributed by atoms with Gasteiger partial charge >= 0.3 is 0 Å². The van der Waals surface area contributed by atoms with E-state index in [1.54, 1.807) is 26.0 Å². The van der Waals surface area contributed by atoms with Crippen LogP contribution in [0.2, 0.25) is 0 Å². The normalized spacial score (nSPS) is 14.8. The number of benzene rings is 2. The molecule has 1 aliphatic rings. The molecule has 2 aromatic carbocycles. The molecule has 32 heavy (non-hydrogen) atoms. The first-order valence-electron chi connectivity index (χ1n) is 10.5. The van der Waals surface area contributed by atoms with Crippen LogP contribution in [0.5, 0.6) is 0 Å². The highest BCUT2D eigenvalue weighted by molar-refractivity contribution is 7.92. The maximum Gasteiger partial charge on any atom is 0.261 e. The van der Waals surface area contributed by atoms with Crippen LogP contribution in [0.25, 0.3) is 0 Å². The number of carbonyl (C=O) groups excluding carboxylic acids is 1. The molecular weight excluding hydrogens is 450 g/mol.